The Morgan fingerprint density at radius 3 is 1.88 bits per heavy atom. The SMILES string of the molecule is BNC(C)C(F)(F)F. The highest BCUT2D eigenvalue weighted by Crippen LogP contribution is 2.18. The van der Waals surface area contributed by atoms with Gasteiger partial charge in [0, 0.05) is 0 Å². The maximum absolute atomic E-state index is 11.4. The first kappa shape index (κ1) is 7.81. The van der Waals surface area contributed by atoms with Crippen LogP contribution in [0, 0.1) is 0 Å². The van der Waals surface area contributed by atoms with E-state index in [1.165, 1.54) is 7.98 Å². The molecule has 0 saturated heterocycles. The molecule has 48 valence electrons. The summed E-state index contributed by atoms with van der Waals surface area (Å²) < 4.78 is 34.2. The molecule has 1 nitrogen and oxygen atoms in total. The van der Waals surface area contributed by atoms with Crippen molar-refractivity contribution in [1.82, 2.24) is 5.23 Å². The van der Waals surface area contributed by atoms with E-state index >= 15 is 0 Å². The molecule has 0 amide bonds. The van der Waals surface area contributed by atoms with Crippen molar-refractivity contribution in [3.8, 4) is 0 Å². The topological polar surface area (TPSA) is 12.0 Å². The zero-order valence-electron chi connectivity index (χ0n) is 4.71. The van der Waals surface area contributed by atoms with Gasteiger partial charge in [0.1, 0.15) is 0 Å². The van der Waals surface area contributed by atoms with Crippen LogP contribution in [0.3, 0.4) is 0 Å². The van der Waals surface area contributed by atoms with Crippen LogP contribution in [0.15, 0.2) is 0 Å². The van der Waals surface area contributed by atoms with Crippen LogP contribution in [-0.2, 0) is 0 Å². The Morgan fingerprint density at radius 1 is 1.50 bits per heavy atom. The van der Waals surface area contributed by atoms with E-state index in [-0.39, 0.29) is 0 Å². The summed E-state index contributed by atoms with van der Waals surface area (Å²) in [5, 5.41) is 2.08. The number of halogens is 3. The molecule has 0 fully saturated rings. The van der Waals surface area contributed by atoms with Gasteiger partial charge in [0.05, 0.1) is 6.04 Å². The summed E-state index contributed by atoms with van der Waals surface area (Å²) in [5.74, 6) is 0. The third-order valence-electron chi connectivity index (χ3n) is 0.924. The summed E-state index contributed by atoms with van der Waals surface area (Å²) in [7, 11) is 1.28. The summed E-state index contributed by atoms with van der Waals surface area (Å²) in [5.41, 5.74) is 0. The number of nitrogens with one attached hydrogen (secondary N) is 1. The van der Waals surface area contributed by atoms with Crippen LogP contribution in [0.1, 0.15) is 6.92 Å². The van der Waals surface area contributed by atoms with Crippen molar-refractivity contribution in [3.63, 3.8) is 0 Å². The molecule has 1 N–H and O–H groups in total. The zero-order valence-corrected chi connectivity index (χ0v) is 4.71. The van der Waals surface area contributed by atoms with Gasteiger partial charge in [-0.3, -0.25) is 0 Å². The molecule has 0 rings (SSSR count). The molecule has 0 aliphatic heterocycles. The van der Waals surface area contributed by atoms with Crippen LogP contribution in [-0.4, -0.2) is 20.2 Å². The van der Waals surface area contributed by atoms with Crippen LogP contribution in [0.2, 0.25) is 0 Å². The number of hydrogen-bond acceptors (Lipinski definition) is 1. The molecular weight excluding hydrogens is 118 g/mol. The van der Waals surface area contributed by atoms with Gasteiger partial charge in [0.15, 0.2) is 7.98 Å². The van der Waals surface area contributed by atoms with Gasteiger partial charge in [-0.2, -0.15) is 13.2 Å². The third-order valence-corrected chi connectivity index (χ3v) is 0.924. The molecule has 8 heavy (non-hydrogen) atoms. The fourth-order valence-corrected chi connectivity index (χ4v) is 0.164. The minimum absolute atomic E-state index is 1.07. The predicted molar refractivity (Wildman–Crippen MR) is 27.2 cm³/mol. The molecule has 1 unspecified atom stereocenters. The lowest BCUT2D eigenvalue weighted by Gasteiger charge is -2.13. The van der Waals surface area contributed by atoms with Gasteiger partial charge < -0.3 is 5.23 Å². The van der Waals surface area contributed by atoms with E-state index in [0.717, 1.165) is 6.92 Å². The first-order chi connectivity index (χ1) is 3.48. The molecule has 0 saturated carbocycles. The van der Waals surface area contributed by atoms with Crippen LogP contribution in [0.4, 0.5) is 13.2 Å². The maximum Gasteiger partial charge on any atom is 0.402 e. The van der Waals surface area contributed by atoms with Crippen molar-refractivity contribution in [2.75, 3.05) is 0 Å². The van der Waals surface area contributed by atoms with Gasteiger partial charge in [-0.05, 0) is 6.92 Å². The van der Waals surface area contributed by atoms with Crippen LogP contribution >= 0.6 is 0 Å². The average molecular weight is 125 g/mol. The Hall–Kier alpha value is -0.185. The van der Waals surface area contributed by atoms with Gasteiger partial charge in [0.25, 0.3) is 0 Å². The smallest absolute Gasteiger partial charge is 0.352 e. The molecular formula is C3H7BF3N. The zero-order chi connectivity index (χ0) is 6.78. The highest BCUT2D eigenvalue weighted by atomic mass is 19.4. The summed E-state index contributed by atoms with van der Waals surface area (Å²) >= 11 is 0. The molecule has 0 heterocycles. The van der Waals surface area contributed by atoms with E-state index < -0.39 is 12.2 Å². The van der Waals surface area contributed by atoms with Gasteiger partial charge in [-0.25, -0.2) is 0 Å². The fourth-order valence-electron chi connectivity index (χ4n) is 0.164. The molecule has 0 aliphatic carbocycles. The van der Waals surface area contributed by atoms with E-state index in [1.54, 1.807) is 0 Å². The minimum atomic E-state index is -4.10. The second-order valence-corrected chi connectivity index (χ2v) is 1.55. The summed E-state index contributed by atoms with van der Waals surface area (Å²) in [6, 6.07) is -1.40. The Labute approximate surface area is 46.7 Å². The third kappa shape index (κ3) is 2.21. The molecule has 0 radical (unpaired) electrons. The first-order valence-electron chi connectivity index (χ1n) is 2.22. The molecule has 0 aliphatic rings. The lowest BCUT2D eigenvalue weighted by atomic mass is 10.2. The largest absolute Gasteiger partial charge is 0.402 e. The number of hydrogen-bond donors (Lipinski definition) is 1. The summed E-state index contributed by atoms with van der Waals surface area (Å²) in [4.78, 5) is 0. The molecule has 0 aromatic rings. The standard InChI is InChI=1S/C3H7BF3N/c1-2(8-4)3(5,6)7/h2,8H,4H2,1H3. The van der Waals surface area contributed by atoms with Crippen molar-refractivity contribution < 1.29 is 13.2 Å². The fraction of sp³-hybridized carbons (Fsp3) is 1.00. The van der Waals surface area contributed by atoms with Crippen LogP contribution < -0.4 is 5.23 Å². The Kier molecular flexibility index (Phi) is 2.34. The van der Waals surface area contributed by atoms with Crippen LogP contribution in [0.25, 0.3) is 0 Å². The molecule has 0 aromatic heterocycles. The second kappa shape index (κ2) is 2.39. The Bertz CT molecular complexity index is 71.4. The van der Waals surface area contributed by atoms with Crippen molar-refractivity contribution >= 4 is 7.98 Å². The lowest BCUT2D eigenvalue weighted by Crippen LogP contribution is -2.37. The highest BCUT2D eigenvalue weighted by Gasteiger charge is 2.33. The van der Waals surface area contributed by atoms with Crippen LogP contribution in [0.5, 0.6) is 0 Å². The van der Waals surface area contributed by atoms with E-state index in [2.05, 4.69) is 5.23 Å². The van der Waals surface area contributed by atoms with Gasteiger partial charge in [-0.15, -0.1) is 0 Å². The normalized spacial score (nSPS) is 16.0. The second-order valence-electron chi connectivity index (χ2n) is 1.55. The quantitative estimate of drug-likeness (QED) is 0.489. The van der Waals surface area contributed by atoms with Crippen molar-refractivity contribution in [2.45, 2.75) is 19.1 Å². The summed E-state index contributed by atoms with van der Waals surface area (Å²) in [6.07, 6.45) is -4.10. The molecule has 1 atom stereocenters. The molecule has 5 heteroatoms. The van der Waals surface area contributed by atoms with E-state index in [4.69, 9.17) is 0 Å². The highest BCUT2D eigenvalue weighted by molar-refractivity contribution is 6.04. The molecule has 0 bridgehead atoms. The average Bonchev–Trinajstić information content (AvgIpc) is 1.62. The molecule has 0 aromatic carbocycles. The molecule has 0 spiro atoms. The monoisotopic (exact) mass is 125 g/mol. The van der Waals surface area contributed by atoms with E-state index in [0.29, 0.717) is 0 Å². The van der Waals surface area contributed by atoms with Crippen molar-refractivity contribution in [2.24, 2.45) is 0 Å². The first-order valence-corrected chi connectivity index (χ1v) is 2.22. The Morgan fingerprint density at radius 2 is 1.88 bits per heavy atom. The lowest BCUT2D eigenvalue weighted by molar-refractivity contribution is -0.147. The Balaban J connectivity index is 3.62. The maximum atomic E-state index is 11.4. The van der Waals surface area contributed by atoms with Crippen molar-refractivity contribution in [3.05, 3.63) is 0 Å². The van der Waals surface area contributed by atoms with E-state index in [9.17, 15) is 13.2 Å². The number of alkyl halides is 3. The van der Waals surface area contributed by atoms with Crippen molar-refractivity contribution in [1.29, 1.82) is 0 Å². The summed E-state index contributed by atoms with van der Waals surface area (Å²) in [6.45, 7) is 1.07. The van der Waals surface area contributed by atoms with Gasteiger partial charge >= 0.3 is 6.18 Å². The van der Waals surface area contributed by atoms with Gasteiger partial charge in [-0.1, -0.05) is 0 Å². The predicted octanol–water partition coefficient (Wildman–Crippen LogP) is 0.0749. The van der Waals surface area contributed by atoms with E-state index in [1.807, 2.05) is 0 Å². The minimum Gasteiger partial charge on any atom is -0.352 e. The van der Waals surface area contributed by atoms with Gasteiger partial charge in [0.2, 0.25) is 0 Å². The number of rotatable bonds is 1.